The summed E-state index contributed by atoms with van der Waals surface area (Å²) in [6, 6.07) is 9.57. The normalized spacial score (nSPS) is 13.5. The number of aromatic nitrogens is 2. The van der Waals surface area contributed by atoms with Crippen LogP contribution >= 0.6 is 11.8 Å². The van der Waals surface area contributed by atoms with Gasteiger partial charge in [-0.15, -0.1) is 0 Å². The molecule has 1 heterocycles. The minimum atomic E-state index is -4.09. The van der Waals surface area contributed by atoms with Gasteiger partial charge in [0.25, 0.3) is 10.2 Å². The molecule has 2 N–H and O–H groups in total. The molecule has 0 saturated carbocycles. The fourth-order valence-corrected chi connectivity index (χ4v) is 4.12. The first-order valence-corrected chi connectivity index (χ1v) is 11.4. The number of rotatable bonds is 10. The third-order valence-corrected chi connectivity index (χ3v) is 6.80. The van der Waals surface area contributed by atoms with Crippen molar-refractivity contribution in [3.63, 3.8) is 0 Å². The van der Waals surface area contributed by atoms with Gasteiger partial charge in [-0.1, -0.05) is 30.3 Å². The van der Waals surface area contributed by atoms with Gasteiger partial charge in [-0.3, -0.25) is 9.36 Å². The second kappa shape index (κ2) is 10.1. The zero-order valence-electron chi connectivity index (χ0n) is 17.3. The summed E-state index contributed by atoms with van der Waals surface area (Å²) < 4.78 is 28.4. The minimum absolute atomic E-state index is 0.241. The predicted octanol–water partition coefficient (Wildman–Crippen LogP) is 0.841. The molecule has 0 fully saturated rings. The Morgan fingerprint density at radius 3 is 2.52 bits per heavy atom. The highest BCUT2D eigenvalue weighted by molar-refractivity contribution is 8.03. The lowest BCUT2D eigenvalue weighted by atomic mass is 10.0. The highest BCUT2D eigenvalue weighted by Gasteiger charge is 2.39. The van der Waals surface area contributed by atoms with Gasteiger partial charge in [0.15, 0.2) is 0 Å². The molecule has 0 aliphatic rings. The molecule has 1 aromatic carbocycles. The SMILES string of the molecule is CN(C)S(=O)(=O)N[C@@](C)(Cn1cc(CCc2ccccc2)c(SC#N)nc1=O)C(=O)O. The molecule has 1 aromatic heterocycles. The van der Waals surface area contributed by atoms with Gasteiger partial charge >= 0.3 is 11.7 Å². The summed E-state index contributed by atoms with van der Waals surface area (Å²) in [5.41, 5.74) is -1.16. The lowest BCUT2D eigenvalue weighted by Gasteiger charge is -2.28. The van der Waals surface area contributed by atoms with E-state index in [-0.39, 0.29) is 5.03 Å². The van der Waals surface area contributed by atoms with E-state index in [1.54, 1.807) is 0 Å². The molecule has 0 spiro atoms. The van der Waals surface area contributed by atoms with E-state index in [1.165, 1.54) is 27.2 Å². The monoisotopic (exact) mass is 465 g/mol. The van der Waals surface area contributed by atoms with Crippen molar-refractivity contribution in [2.75, 3.05) is 14.1 Å². The van der Waals surface area contributed by atoms with E-state index in [9.17, 15) is 23.1 Å². The number of carboxylic acid groups (broad SMARTS) is 1. The number of benzene rings is 1. The Bertz CT molecular complexity index is 1140. The largest absolute Gasteiger partial charge is 0.480 e. The molecular formula is C19H23N5O5S2. The highest BCUT2D eigenvalue weighted by atomic mass is 32.2. The molecule has 10 nitrogen and oxygen atoms in total. The molecule has 0 amide bonds. The number of hydrogen-bond donors (Lipinski definition) is 2. The second-order valence-corrected chi connectivity index (χ2v) is 9.85. The van der Waals surface area contributed by atoms with Crippen LogP contribution in [0, 0.1) is 10.7 Å². The lowest BCUT2D eigenvalue weighted by Crippen LogP contribution is -2.58. The number of thioether (sulfide) groups is 1. The molecule has 0 saturated heterocycles. The number of carboxylic acids is 1. The van der Waals surface area contributed by atoms with Crippen molar-refractivity contribution in [1.29, 1.82) is 5.26 Å². The summed E-state index contributed by atoms with van der Waals surface area (Å²) >= 11 is 0.745. The fraction of sp³-hybridized carbons (Fsp3) is 0.368. The zero-order chi connectivity index (χ0) is 23.2. The summed E-state index contributed by atoms with van der Waals surface area (Å²) in [7, 11) is -1.57. The van der Waals surface area contributed by atoms with Crippen molar-refractivity contribution < 1.29 is 18.3 Å². The van der Waals surface area contributed by atoms with E-state index >= 15 is 0 Å². The maximum atomic E-state index is 12.5. The fourth-order valence-electron chi connectivity index (χ4n) is 2.72. The quantitative estimate of drug-likeness (QED) is 0.298. The van der Waals surface area contributed by atoms with Gasteiger partial charge in [0.1, 0.15) is 16.0 Å². The van der Waals surface area contributed by atoms with E-state index in [0.717, 1.165) is 26.2 Å². The average molecular weight is 466 g/mol. The highest BCUT2D eigenvalue weighted by Crippen LogP contribution is 2.20. The van der Waals surface area contributed by atoms with E-state index in [4.69, 9.17) is 5.26 Å². The molecule has 12 heteroatoms. The number of aliphatic carboxylic acids is 1. The van der Waals surface area contributed by atoms with Crippen molar-refractivity contribution in [3.8, 4) is 5.40 Å². The number of thiocyanates is 1. The molecule has 0 unspecified atom stereocenters. The molecular weight excluding hydrogens is 442 g/mol. The smallest absolute Gasteiger partial charge is 0.348 e. The van der Waals surface area contributed by atoms with E-state index in [2.05, 4.69) is 9.71 Å². The van der Waals surface area contributed by atoms with Crippen LogP contribution in [-0.4, -0.2) is 53.0 Å². The van der Waals surface area contributed by atoms with Crippen molar-refractivity contribution >= 4 is 27.9 Å². The standard InChI is InChI=1S/C19H23N5O5S2/c1-19(17(25)26,22-31(28,29)23(2)3)12-24-11-15(16(30-13-20)21-18(24)27)10-9-14-7-5-4-6-8-14/h4-8,11,22H,9-10,12H2,1-3H3,(H,25,26)/t19-/m0/s1. The van der Waals surface area contributed by atoms with Crippen molar-refractivity contribution in [2.45, 2.75) is 36.9 Å². The lowest BCUT2D eigenvalue weighted by molar-refractivity contribution is -0.144. The summed E-state index contributed by atoms with van der Waals surface area (Å²) in [6.45, 7) is 0.682. The van der Waals surface area contributed by atoms with Crippen LogP contribution in [0.15, 0.2) is 46.3 Å². The van der Waals surface area contributed by atoms with Crippen LogP contribution < -0.4 is 10.4 Å². The molecule has 0 aliphatic carbocycles. The van der Waals surface area contributed by atoms with E-state index < -0.39 is 34.0 Å². The number of hydrogen-bond acceptors (Lipinski definition) is 7. The van der Waals surface area contributed by atoms with Gasteiger partial charge in [0.2, 0.25) is 0 Å². The van der Waals surface area contributed by atoms with Crippen LogP contribution in [0.25, 0.3) is 0 Å². The number of nitriles is 1. The van der Waals surface area contributed by atoms with Gasteiger partial charge in [0.05, 0.1) is 6.54 Å². The zero-order valence-corrected chi connectivity index (χ0v) is 18.9. The predicted molar refractivity (Wildman–Crippen MR) is 116 cm³/mol. The van der Waals surface area contributed by atoms with E-state index in [1.807, 2.05) is 35.7 Å². The van der Waals surface area contributed by atoms with Crippen LogP contribution in [-0.2, 0) is 34.4 Å². The Morgan fingerprint density at radius 2 is 1.97 bits per heavy atom. The summed E-state index contributed by atoms with van der Waals surface area (Å²) in [4.78, 5) is 28.3. The minimum Gasteiger partial charge on any atom is -0.480 e. The average Bonchev–Trinajstić information content (AvgIpc) is 2.69. The van der Waals surface area contributed by atoms with Crippen LogP contribution in [0.4, 0.5) is 0 Å². The van der Waals surface area contributed by atoms with Crippen LogP contribution in [0.2, 0.25) is 0 Å². The summed E-state index contributed by atoms with van der Waals surface area (Å²) in [5, 5.41) is 20.8. The van der Waals surface area contributed by atoms with Crippen molar-refractivity contribution in [1.82, 2.24) is 18.6 Å². The number of carbonyl (C=O) groups is 1. The Kier molecular flexibility index (Phi) is 7.96. The first kappa shape index (κ1) is 24.5. The van der Waals surface area contributed by atoms with Crippen LogP contribution in [0.1, 0.15) is 18.1 Å². The molecule has 0 aliphatic heterocycles. The van der Waals surface area contributed by atoms with E-state index in [0.29, 0.717) is 18.4 Å². The topological polar surface area (TPSA) is 145 Å². The Labute approximate surface area is 184 Å². The first-order chi connectivity index (χ1) is 14.5. The molecule has 2 aromatic rings. The molecule has 0 radical (unpaired) electrons. The van der Waals surface area contributed by atoms with Gasteiger partial charge in [-0.25, -0.2) is 4.79 Å². The van der Waals surface area contributed by atoms with Crippen molar-refractivity contribution in [2.24, 2.45) is 0 Å². The third-order valence-electron chi connectivity index (χ3n) is 4.49. The maximum Gasteiger partial charge on any atom is 0.348 e. The Morgan fingerprint density at radius 1 is 1.32 bits per heavy atom. The van der Waals surface area contributed by atoms with Crippen LogP contribution in [0.3, 0.4) is 0 Å². The molecule has 166 valence electrons. The molecule has 1 atom stereocenters. The molecule has 31 heavy (non-hydrogen) atoms. The molecule has 0 bridgehead atoms. The summed E-state index contributed by atoms with van der Waals surface area (Å²) in [6.07, 6.45) is 2.50. The number of aryl methyl sites for hydroxylation is 2. The second-order valence-electron chi connectivity index (χ2n) is 7.19. The summed E-state index contributed by atoms with van der Waals surface area (Å²) in [5.74, 6) is -1.45. The molecule has 2 rings (SSSR count). The Balaban J connectivity index is 2.41. The van der Waals surface area contributed by atoms with Gasteiger partial charge in [-0.05, 0) is 25.3 Å². The van der Waals surface area contributed by atoms with Crippen molar-refractivity contribution in [3.05, 3.63) is 58.1 Å². The first-order valence-electron chi connectivity index (χ1n) is 9.13. The van der Waals surface area contributed by atoms with Gasteiger partial charge in [-0.2, -0.15) is 27.7 Å². The number of nitrogens with zero attached hydrogens (tertiary/aromatic N) is 4. The van der Waals surface area contributed by atoms with Crippen LogP contribution in [0.5, 0.6) is 0 Å². The Hall–Kier alpha value is -2.72. The van der Waals surface area contributed by atoms with Gasteiger partial charge < -0.3 is 5.11 Å². The third kappa shape index (κ3) is 6.38. The number of nitrogens with one attached hydrogen (secondary N) is 1. The van der Waals surface area contributed by atoms with Gasteiger partial charge in [0, 0.05) is 37.6 Å². The maximum absolute atomic E-state index is 12.5.